The average molecular weight is 264 g/mol. The first-order valence-electron chi connectivity index (χ1n) is 6.09. The van der Waals surface area contributed by atoms with Crippen LogP contribution in [-0.4, -0.2) is 32.9 Å². The van der Waals surface area contributed by atoms with Crippen LogP contribution in [0.15, 0.2) is 18.5 Å². The zero-order chi connectivity index (χ0) is 14.0. The highest BCUT2D eigenvalue weighted by Gasteiger charge is 2.35. The van der Waals surface area contributed by atoms with E-state index in [1.54, 1.807) is 4.90 Å². The van der Waals surface area contributed by atoms with E-state index >= 15 is 0 Å². The Morgan fingerprint density at radius 1 is 1.58 bits per heavy atom. The third-order valence-corrected chi connectivity index (χ3v) is 3.38. The molecule has 7 nitrogen and oxygen atoms in total. The Bertz CT molecular complexity index is 515. The van der Waals surface area contributed by atoms with Gasteiger partial charge in [0, 0.05) is 18.3 Å². The predicted octanol–water partition coefficient (Wildman–Crippen LogP) is 2.40. The smallest absolute Gasteiger partial charge is 0.319 e. The van der Waals surface area contributed by atoms with Gasteiger partial charge in [-0.25, -0.2) is 4.79 Å². The number of carbonyl (C=O) groups is 1. The van der Waals surface area contributed by atoms with Gasteiger partial charge in [-0.2, -0.15) is 0 Å². The SMILES string of the molecule is CC1(C)CCCN1C(=O)Nc1ccncc1[N+](=O)[O-]. The van der Waals surface area contributed by atoms with E-state index in [1.165, 1.54) is 12.3 Å². The van der Waals surface area contributed by atoms with E-state index in [4.69, 9.17) is 0 Å². The molecule has 0 unspecified atom stereocenters. The fourth-order valence-corrected chi connectivity index (χ4v) is 2.30. The minimum atomic E-state index is -0.558. The van der Waals surface area contributed by atoms with Gasteiger partial charge in [-0.1, -0.05) is 0 Å². The number of anilines is 1. The Hall–Kier alpha value is -2.18. The summed E-state index contributed by atoms with van der Waals surface area (Å²) in [5.41, 5.74) is -0.244. The monoisotopic (exact) mass is 264 g/mol. The number of nitrogens with one attached hydrogen (secondary N) is 1. The van der Waals surface area contributed by atoms with Crippen molar-refractivity contribution in [2.24, 2.45) is 0 Å². The molecule has 1 fully saturated rings. The first kappa shape index (κ1) is 13.3. The number of aromatic nitrogens is 1. The van der Waals surface area contributed by atoms with Crippen molar-refractivity contribution in [1.29, 1.82) is 0 Å². The van der Waals surface area contributed by atoms with Crippen LogP contribution in [0.25, 0.3) is 0 Å². The predicted molar refractivity (Wildman–Crippen MR) is 69.9 cm³/mol. The number of amides is 2. The van der Waals surface area contributed by atoms with Gasteiger partial charge in [-0.15, -0.1) is 0 Å². The average Bonchev–Trinajstić information content (AvgIpc) is 2.69. The number of pyridine rings is 1. The van der Waals surface area contributed by atoms with Gasteiger partial charge < -0.3 is 10.2 Å². The molecule has 0 radical (unpaired) electrons. The van der Waals surface area contributed by atoms with Crippen molar-refractivity contribution in [2.75, 3.05) is 11.9 Å². The second-order valence-corrected chi connectivity index (χ2v) is 5.15. The van der Waals surface area contributed by atoms with Crippen LogP contribution in [0.5, 0.6) is 0 Å². The summed E-state index contributed by atoms with van der Waals surface area (Å²) in [7, 11) is 0. The number of carbonyl (C=O) groups excluding carboxylic acids is 1. The summed E-state index contributed by atoms with van der Waals surface area (Å²) >= 11 is 0. The Kier molecular flexibility index (Phi) is 3.37. The van der Waals surface area contributed by atoms with Gasteiger partial charge in [0.15, 0.2) is 0 Å². The van der Waals surface area contributed by atoms with Crippen LogP contribution >= 0.6 is 0 Å². The van der Waals surface area contributed by atoms with Gasteiger partial charge in [-0.05, 0) is 32.8 Å². The van der Waals surface area contributed by atoms with E-state index in [0.29, 0.717) is 6.54 Å². The Morgan fingerprint density at radius 2 is 2.32 bits per heavy atom. The lowest BCUT2D eigenvalue weighted by atomic mass is 10.0. The molecule has 1 aliphatic heterocycles. The first-order chi connectivity index (χ1) is 8.92. The molecule has 2 rings (SSSR count). The number of rotatable bonds is 2. The van der Waals surface area contributed by atoms with Gasteiger partial charge >= 0.3 is 11.7 Å². The molecule has 7 heteroatoms. The summed E-state index contributed by atoms with van der Waals surface area (Å²) < 4.78 is 0. The molecule has 1 saturated heterocycles. The fourth-order valence-electron chi connectivity index (χ4n) is 2.30. The number of hydrogen-bond acceptors (Lipinski definition) is 4. The van der Waals surface area contributed by atoms with E-state index in [-0.39, 0.29) is 22.9 Å². The van der Waals surface area contributed by atoms with Crippen LogP contribution in [0.2, 0.25) is 0 Å². The summed E-state index contributed by atoms with van der Waals surface area (Å²) in [6.45, 7) is 4.64. The summed E-state index contributed by atoms with van der Waals surface area (Å²) in [5, 5.41) is 13.4. The first-order valence-corrected chi connectivity index (χ1v) is 6.09. The number of hydrogen-bond donors (Lipinski definition) is 1. The van der Waals surface area contributed by atoms with Crippen LogP contribution < -0.4 is 5.32 Å². The molecule has 1 aromatic rings. The second-order valence-electron chi connectivity index (χ2n) is 5.15. The molecule has 2 heterocycles. The number of urea groups is 1. The molecule has 19 heavy (non-hydrogen) atoms. The Morgan fingerprint density at radius 3 is 2.89 bits per heavy atom. The Labute approximate surface area is 110 Å². The van der Waals surface area contributed by atoms with Gasteiger partial charge in [0.1, 0.15) is 11.9 Å². The lowest BCUT2D eigenvalue weighted by Gasteiger charge is -2.31. The van der Waals surface area contributed by atoms with Crippen molar-refractivity contribution < 1.29 is 9.72 Å². The fraction of sp³-hybridized carbons (Fsp3) is 0.500. The molecule has 2 amide bonds. The van der Waals surface area contributed by atoms with Crippen molar-refractivity contribution >= 4 is 17.4 Å². The molecule has 0 spiro atoms. The maximum absolute atomic E-state index is 12.2. The van der Waals surface area contributed by atoms with E-state index in [2.05, 4.69) is 10.3 Å². The third-order valence-electron chi connectivity index (χ3n) is 3.38. The Balaban J connectivity index is 2.18. The van der Waals surface area contributed by atoms with E-state index in [0.717, 1.165) is 19.0 Å². The van der Waals surface area contributed by atoms with Crippen molar-refractivity contribution in [2.45, 2.75) is 32.2 Å². The minimum Gasteiger partial charge on any atom is -0.319 e. The molecular weight excluding hydrogens is 248 g/mol. The number of nitrogens with zero attached hydrogens (tertiary/aromatic N) is 3. The lowest BCUT2D eigenvalue weighted by Crippen LogP contribution is -2.45. The van der Waals surface area contributed by atoms with Crippen LogP contribution in [0, 0.1) is 10.1 Å². The maximum Gasteiger partial charge on any atom is 0.322 e. The van der Waals surface area contributed by atoms with Crippen molar-refractivity contribution in [1.82, 2.24) is 9.88 Å². The molecule has 0 aliphatic carbocycles. The molecule has 1 N–H and O–H groups in total. The van der Waals surface area contributed by atoms with Gasteiger partial charge in [0.25, 0.3) is 0 Å². The molecule has 0 atom stereocenters. The molecular formula is C12H16N4O3. The van der Waals surface area contributed by atoms with Gasteiger partial charge in [-0.3, -0.25) is 15.1 Å². The van der Waals surface area contributed by atoms with Gasteiger partial charge in [0.05, 0.1) is 4.92 Å². The van der Waals surface area contributed by atoms with E-state index in [1.807, 2.05) is 13.8 Å². The van der Waals surface area contributed by atoms with E-state index in [9.17, 15) is 14.9 Å². The highest BCUT2D eigenvalue weighted by Crippen LogP contribution is 2.30. The topological polar surface area (TPSA) is 88.4 Å². The maximum atomic E-state index is 12.2. The number of likely N-dealkylation sites (tertiary alicyclic amines) is 1. The summed E-state index contributed by atoms with van der Waals surface area (Å²) in [4.78, 5) is 27.9. The van der Waals surface area contributed by atoms with Crippen LogP contribution in [0.3, 0.4) is 0 Å². The van der Waals surface area contributed by atoms with Crippen LogP contribution in [0.4, 0.5) is 16.2 Å². The molecule has 0 bridgehead atoms. The van der Waals surface area contributed by atoms with Crippen LogP contribution in [-0.2, 0) is 0 Å². The second kappa shape index (κ2) is 4.83. The largest absolute Gasteiger partial charge is 0.322 e. The van der Waals surface area contributed by atoms with Crippen molar-refractivity contribution in [3.05, 3.63) is 28.6 Å². The summed E-state index contributed by atoms with van der Waals surface area (Å²) in [6.07, 6.45) is 4.42. The highest BCUT2D eigenvalue weighted by atomic mass is 16.6. The number of nitro groups is 1. The quantitative estimate of drug-likeness (QED) is 0.656. The molecule has 0 saturated carbocycles. The summed E-state index contributed by atoms with van der Waals surface area (Å²) in [5.74, 6) is 0. The van der Waals surface area contributed by atoms with Crippen molar-refractivity contribution in [3.8, 4) is 0 Å². The summed E-state index contributed by atoms with van der Waals surface area (Å²) in [6, 6.07) is 1.12. The zero-order valence-corrected chi connectivity index (χ0v) is 10.9. The normalized spacial score (nSPS) is 17.3. The lowest BCUT2D eigenvalue weighted by molar-refractivity contribution is -0.384. The molecule has 0 aromatic carbocycles. The third kappa shape index (κ3) is 2.64. The standard InChI is InChI=1S/C12H16N4O3/c1-12(2)5-3-7-15(12)11(17)14-9-4-6-13-8-10(9)16(18)19/h4,6,8H,3,5,7H2,1-2H3,(H,13,14,17). The minimum absolute atomic E-state index is 0.174. The molecule has 1 aliphatic rings. The van der Waals surface area contributed by atoms with Crippen LogP contribution in [0.1, 0.15) is 26.7 Å². The zero-order valence-electron chi connectivity index (χ0n) is 10.9. The molecule has 102 valence electrons. The van der Waals surface area contributed by atoms with Crippen molar-refractivity contribution in [3.63, 3.8) is 0 Å². The van der Waals surface area contributed by atoms with Gasteiger partial charge in [0.2, 0.25) is 0 Å². The van der Waals surface area contributed by atoms with E-state index < -0.39 is 4.92 Å². The molecule has 1 aromatic heterocycles. The highest BCUT2D eigenvalue weighted by molar-refractivity contribution is 5.92.